The van der Waals surface area contributed by atoms with Crippen LogP contribution in [-0.2, 0) is 0 Å². The molecule has 0 bridgehead atoms. The molecule has 17 heavy (non-hydrogen) atoms. The molecule has 0 radical (unpaired) electrons. The first-order valence-electron chi connectivity index (χ1n) is 5.79. The smallest absolute Gasteiger partial charge is 0.267 e. The van der Waals surface area contributed by atoms with Crippen molar-refractivity contribution in [3.8, 4) is 0 Å². The maximum absolute atomic E-state index is 11.9. The predicted octanol–water partition coefficient (Wildman–Crippen LogP) is 1.42. The third-order valence-corrected chi connectivity index (χ3v) is 3.22. The Balaban J connectivity index is 1.76. The Bertz CT molecular complexity index is 522. The van der Waals surface area contributed by atoms with Crippen LogP contribution in [0.3, 0.4) is 0 Å². The number of amides is 1. The minimum atomic E-state index is -0.247. The number of aromatic nitrogens is 1. The lowest BCUT2D eigenvalue weighted by molar-refractivity contribution is 0.0561. The lowest BCUT2D eigenvalue weighted by Gasteiger charge is -2.31. The van der Waals surface area contributed by atoms with Crippen molar-refractivity contribution in [2.45, 2.75) is 25.0 Å². The Kier molecular flexibility index (Phi) is 2.37. The Hall–Kier alpha value is -1.81. The molecule has 3 N–H and O–H groups in total. The van der Waals surface area contributed by atoms with Crippen LogP contribution >= 0.6 is 0 Å². The summed E-state index contributed by atoms with van der Waals surface area (Å²) in [6.45, 7) is 0. The van der Waals surface area contributed by atoms with Crippen molar-refractivity contribution in [2.24, 2.45) is 0 Å². The van der Waals surface area contributed by atoms with Gasteiger partial charge in [0.2, 0.25) is 0 Å². The topological polar surface area (TPSA) is 65.1 Å². The molecule has 88 valence electrons. The summed E-state index contributed by atoms with van der Waals surface area (Å²) >= 11 is 0. The van der Waals surface area contributed by atoms with Crippen molar-refractivity contribution in [1.29, 1.82) is 0 Å². The third kappa shape index (κ3) is 1.91. The van der Waals surface area contributed by atoms with E-state index >= 15 is 0 Å². The molecule has 0 atom stereocenters. The summed E-state index contributed by atoms with van der Waals surface area (Å²) in [5, 5.41) is 13.1. The van der Waals surface area contributed by atoms with Crippen molar-refractivity contribution in [2.75, 3.05) is 0 Å². The molecule has 1 aliphatic rings. The Morgan fingerprint density at radius 2 is 2.12 bits per heavy atom. The number of carbonyl (C=O) groups is 1. The maximum Gasteiger partial charge on any atom is 0.267 e. The van der Waals surface area contributed by atoms with Crippen LogP contribution in [0.25, 0.3) is 10.9 Å². The monoisotopic (exact) mass is 230 g/mol. The molecule has 4 nitrogen and oxygen atoms in total. The number of fused-ring (bicyclic) bond motifs is 1. The molecule has 0 aliphatic heterocycles. The second-order valence-corrected chi connectivity index (χ2v) is 4.57. The zero-order chi connectivity index (χ0) is 11.8. The van der Waals surface area contributed by atoms with E-state index in [-0.39, 0.29) is 18.1 Å². The maximum atomic E-state index is 11.9. The molecular formula is C13H14N2O2. The van der Waals surface area contributed by atoms with Crippen molar-refractivity contribution in [3.63, 3.8) is 0 Å². The Labute approximate surface area is 98.6 Å². The highest BCUT2D eigenvalue weighted by molar-refractivity contribution is 5.98. The number of carbonyl (C=O) groups excluding carboxylic acids is 1. The molecule has 4 heteroatoms. The number of rotatable bonds is 2. The van der Waals surface area contributed by atoms with Gasteiger partial charge in [-0.2, -0.15) is 0 Å². The molecular weight excluding hydrogens is 216 g/mol. The van der Waals surface area contributed by atoms with Gasteiger partial charge >= 0.3 is 0 Å². The van der Waals surface area contributed by atoms with Gasteiger partial charge in [-0.15, -0.1) is 0 Å². The lowest BCUT2D eigenvalue weighted by atomic mass is 9.89. The molecule has 3 rings (SSSR count). The molecule has 1 saturated carbocycles. The highest BCUT2D eigenvalue weighted by Gasteiger charge is 2.28. The quantitative estimate of drug-likeness (QED) is 0.730. The van der Waals surface area contributed by atoms with Gasteiger partial charge in [-0.25, -0.2) is 0 Å². The number of H-pyrrole nitrogens is 1. The van der Waals surface area contributed by atoms with E-state index < -0.39 is 0 Å². The number of hydrogen-bond donors (Lipinski definition) is 3. The summed E-state index contributed by atoms with van der Waals surface area (Å²) in [7, 11) is 0. The molecule has 1 aromatic heterocycles. The molecule has 0 saturated heterocycles. The molecule has 1 aliphatic carbocycles. The second-order valence-electron chi connectivity index (χ2n) is 4.57. The predicted molar refractivity (Wildman–Crippen MR) is 64.8 cm³/mol. The normalized spacial score (nSPS) is 23.4. The summed E-state index contributed by atoms with van der Waals surface area (Å²) in [5.41, 5.74) is 1.54. The van der Waals surface area contributed by atoms with Crippen LogP contribution in [-0.4, -0.2) is 28.1 Å². The first-order chi connectivity index (χ1) is 8.22. The number of nitrogens with one attached hydrogen (secondary N) is 2. The Morgan fingerprint density at radius 3 is 2.82 bits per heavy atom. The fourth-order valence-corrected chi connectivity index (χ4v) is 2.16. The molecule has 1 amide bonds. The molecule has 2 aromatic rings. The van der Waals surface area contributed by atoms with Crippen LogP contribution in [0, 0.1) is 0 Å². The van der Waals surface area contributed by atoms with Crippen molar-refractivity contribution in [1.82, 2.24) is 10.3 Å². The van der Waals surface area contributed by atoms with E-state index in [1.807, 2.05) is 30.3 Å². The summed E-state index contributed by atoms with van der Waals surface area (Å²) in [4.78, 5) is 15.0. The zero-order valence-electron chi connectivity index (χ0n) is 9.31. The van der Waals surface area contributed by atoms with Crippen molar-refractivity contribution in [3.05, 3.63) is 36.0 Å². The van der Waals surface area contributed by atoms with Gasteiger partial charge in [0.25, 0.3) is 5.91 Å². The van der Waals surface area contributed by atoms with Gasteiger partial charge in [-0.3, -0.25) is 4.79 Å². The van der Waals surface area contributed by atoms with Gasteiger partial charge in [0, 0.05) is 16.9 Å². The number of aromatic amines is 1. The fraction of sp³-hybridized carbons (Fsp3) is 0.308. The van der Waals surface area contributed by atoms with Gasteiger partial charge in [0.15, 0.2) is 0 Å². The van der Waals surface area contributed by atoms with Crippen LogP contribution in [0.1, 0.15) is 23.3 Å². The van der Waals surface area contributed by atoms with E-state index in [1.54, 1.807) is 0 Å². The fourth-order valence-electron chi connectivity index (χ4n) is 2.16. The molecule has 1 heterocycles. The summed E-state index contributed by atoms with van der Waals surface area (Å²) in [6.07, 6.45) is 1.07. The summed E-state index contributed by atoms with van der Waals surface area (Å²) in [5.74, 6) is -0.0990. The third-order valence-electron chi connectivity index (χ3n) is 3.22. The first-order valence-corrected chi connectivity index (χ1v) is 5.79. The van der Waals surface area contributed by atoms with Gasteiger partial charge in [-0.1, -0.05) is 18.2 Å². The lowest BCUT2D eigenvalue weighted by Crippen LogP contribution is -2.46. The van der Waals surface area contributed by atoms with Crippen LogP contribution in [0.15, 0.2) is 30.3 Å². The van der Waals surface area contributed by atoms with Gasteiger partial charge in [0.1, 0.15) is 5.69 Å². The second kappa shape index (κ2) is 3.89. The van der Waals surface area contributed by atoms with Crippen LogP contribution < -0.4 is 5.32 Å². The largest absolute Gasteiger partial charge is 0.393 e. The van der Waals surface area contributed by atoms with Gasteiger partial charge in [-0.05, 0) is 25.0 Å². The first kappa shape index (κ1) is 10.4. The molecule has 1 fully saturated rings. The van der Waals surface area contributed by atoms with E-state index in [1.165, 1.54) is 0 Å². The zero-order valence-corrected chi connectivity index (χ0v) is 9.31. The number of aliphatic hydroxyl groups excluding tert-OH is 1. The highest BCUT2D eigenvalue weighted by Crippen LogP contribution is 2.20. The van der Waals surface area contributed by atoms with Gasteiger partial charge in [0.05, 0.1) is 6.10 Å². The SMILES string of the molecule is O=C(NC1CC(O)C1)c1cc2ccccc2[nH]1. The van der Waals surface area contributed by atoms with E-state index in [9.17, 15) is 4.79 Å². The minimum Gasteiger partial charge on any atom is -0.393 e. The average molecular weight is 230 g/mol. The molecule has 1 aromatic carbocycles. The van der Waals surface area contributed by atoms with E-state index in [2.05, 4.69) is 10.3 Å². The summed E-state index contributed by atoms with van der Waals surface area (Å²) < 4.78 is 0. The molecule has 0 spiro atoms. The van der Waals surface area contributed by atoms with E-state index in [0.29, 0.717) is 18.5 Å². The highest BCUT2D eigenvalue weighted by atomic mass is 16.3. The van der Waals surface area contributed by atoms with Crippen molar-refractivity contribution >= 4 is 16.8 Å². The van der Waals surface area contributed by atoms with E-state index in [0.717, 1.165) is 10.9 Å². The number of benzene rings is 1. The van der Waals surface area contributed by atoms with Crippen LogP contribution in [0.5, 0.6) is 0 Å². The Morgan fingerprint density at radius 1 is 1.35 bits per heavy atom. The van der Waals surface area contributed by atoms with Crippen LogP contribution in [0.2, 0.25) is 0 Å². The standard InChI is InChI=1S/C13H14N2O2/c16-10-6-9(7-10)14-13(17)12-5-8-3-1-2-4-11(8)15-12/h1-5,9-10,15-16H,6-7H2,(H,14,17). The number of para-hydroxylation sites is 1. The van der Waals surface area contributed by atoms with E-state index in [4.69, 9.17) is 5.11 Å². The molecule has 0 unspecified atom stereocenters. The van der Waals surface area contributed by atoms with Crippen molar-refractivity contribution < 1.29 is 9.90 Å². The number of aliphatic hydroxyl groups is 1. The van der Waals surface area contributed by atoms with Gasteiger partial charge < -0.3 is 15.4 Å². The average Bonchev–Trinajstić information content (AvgIpc) is 2.70. The van der Waals surface area contributed by atoms with Crippen LogP contribution in [0.4, 0.5) is 0 Å². The minimum absolute atomic E-state index is 0.0990. The summed E-state index contributed by atoms with van der Waals surface area (Å²) in [6, 6.07) is 9.75. The number of hydrogen-bond acceptors (Lipinski definition) is 2.